The number of aliphatic imine (C=N–C) groups is 2. The van der Waals surface area contributed by atoms with Crippen LogP contribution in [0.3, 0.4) is 0 Å². The van der Waals surface area contributed by atoms with Gasteiger partial charge in [-0.15, -0.1) is 0 Å². The average molecular weight is 296 g/mol. The Hall–Kier alpha value is -2.62. The zero-order valence-electron chi connectivity index (χ0n) is 13.1. The number of hydrogen-bond acceptors (Lipinski definition) is 4. The molecule has 0 aliphatic rings. The minimum atomic E-state index is 0.811. The molecule has 2 rings (SSSR count). The van der Waals surface area contributed by atoms with Crippen molar-refractivity contribution < 1.29 is 9.47 Å². The predicted octanol–water partition coefficient (Wildman–Crippen LogP) is 4.59. The molecular formula is C18H20N2O2. The molecule has 0 amide bonds. The van der Waals surface area contributed by atoms with Crippen LogP contribution in [-0.2, 0) is 0 Å². The zero-order valence-corrected chi connectivity index (χ0v) is 13.1. The molecule has 0 N–H and O–H groups in total. The summed E-state index contributed by atoms with van der Waals surface area (Å²) in [5, 5.41) is 0. The van der Waals surface area contributed by atoms with E-state index in [4.69, 9.17) is 9.47 Å². The Morgan fingerprint density at radius 2 is 1.36 bits per heavy atom. The molecule has 4 nitrogen and oxygen atoms in total. The van der Waals surface area contributed by atoms with Crippen LogP contribution in [-0.4, -0.2) is 26.1 Å². The smallest absolute Gasteiger partial charge is 0.119 e. The first-order chi connectivity index (χ1) is 10.7. The molecule has 0 saturated heterocycles. The maximum Gasteiger partial charge on any atom is 0.119 e. The van der Waals surface area contributed by atoms with Crippen molar-refractivity contribution in [2.45, 2.75) is 13.3 Å². The van der Waals surface area contributed by atoms with Crippen molar-refractivity contribution in [3.05, 3.63) is 48.5 Å². The number of benzene rings is 2. The van der Waals surface area contributed by atoms with Gasteiger partial charge in [0.15, 0.2) is 0 Å². The van der Waals surface area contributed by atoms with Gasteiger partial charge in [0.1, 0.15) is 11.5 Å². The van der Waals surface area contributed by atoms with Gasteiger partial charge in [0.25, 0.3) is 0 Å². The first kappa shape index (κ1) is 15.8. The monoisotopic (exact) mass is 296 g/mol. The molecule has 0 spiro atoms. The molecule has 0 radical (unpaired) electrons. The molecule has 0 atom stereocenters. The third-order valence-corrected chi connectivity index (χ3v) is 3.14. The SMILES string of the molecule is CCC(C=Nc1ccc(OC)cc1)=Nc1ccc(OC)cc1. The molecule has 22 heavy (non-hydrogen) atoms. The standard InChI is InChI=1S/C18H20N2O2/c1-4-14(20-16-7-11-18(22-3)12-8-16)13-19-15-5-9-17(21-2)10-6-15/h5-13H,4H2,1-3H3. The van der Waals surface area contributed by atoms with E-state index in [1.807, 2.05) is 48.5 Å². The van der Waals surface area contributed by atoms with Gasteiger partial charge >= 0.3 is 0 Å². The van der Waals surface area contributed by atoms with Crippen molar-refractivity contribution in [3.63, 3.8) is 0 Å². The minimum Gasteiger partial charge on any atom is -0.497 e. The lowest BCUT2D eigenvalue weighted by Crippen LogP contribution is -1.96. The highest BCUT2D eigenvalue weighted by molar-refractivity contribution is 6.31. The van der Waals surface area contributed by atoms with E-state index < -0.39 is 0 Å². The van der Waals surface area contributed by atoms with E-state index >= 15 is 0 Å². The van der Waals surface area contributed by atoms with Crippen LogP contribution in [0, 0.1) is 0 Å². The Morgan fingerprint density at radius 1 is 0.864 bits per heavy atom. The molecule has 0 bridgehead atoms. The fourth-order valence-electron chi connectivity index (χ4n) is 1.84. The Balaban J connectivity index is 2.12. The van der Waals surface area contributed by atoms with Gasteiger partial charge in [-0.05, 0) is 55.0 Å². The van der Waals surface area contributed by atoms with E-state index in [2.05, 4.69) is 16.9 Å². The summed E-state index contributed by atoms with van der Waals surface area (Å²) in [5.74, 6) is 1.64. The molecule has 0 aliphatic heterocycles. The van der Waals surface area contributed by atoms with Crippen molar-refractivity contribution >= 4 is 23.3 Å². The molecule has 2 aromatic rings. The number of ether oxygens (including phenoxy) is 2. The summed E-state index contributed by atoms with van der Waals surface area (Å²) in [6.45, 7) is 2.06. The van der Waals surface area contributed by atoms with Crippen LogP contribution < -0.4 is 9.47 Å². The molecule has 2 aromatic carbocycles. The van der Waals surface area contributed by atoms with Gasteiger partial charge in [0, 0.05) is 6.21 Å². The average Bonchev–Trinajstić information content (AvgIpc) is 2.59. The number of rotatable bonds is 6. The molecule has 4 heteroatoms. The van der Waals surface area contributed by atoms with E-state index in [9.17, 15) is 0 Å². The van der Waals surface area contributed by atoms with Crippen molar-refractivity contribution in [3.8, 4) is 11.5 Å². The second-order valence-corrected chi connectivity index (χ2v) is 4.61. The minimum absolute atomic E-state index is 0.811. The second-order valence-electron chi connectivity index (χ2n) is 4.61. The Labute approximate surface area is 131 Å². The van der Waals surface area contributed by atoms with Crippen LogP contribution in [0.4, 0.5) is 11.4 Å². The van der Waals surface area contributed by atoms with Gasteiger partial charge in [-0.2, -0.15) is 0 Å². The summed E-state index contributed by atoms with van der Waals surface area (Å²) in [5.41, 5.74) is 2.68. The molecule has 0 unspecified atom stereocenters. The van der Waals surface area contributed by atoms with Gasteiger partial charge in [0.2, 0.25) is 0 Å². The summed E-state index contributed by atoms with van der Waals surface area (Å²) in [6.07, 6.45) is 2.61. The summed E-state index contributed by atoms with van der Waals surface area (Å²) in [7, 11) is 3.30. The number of methoxy groups -OCH3 is 2. The van der Waals surface area contributed by atoms with Crippen LogP contribution in [0.2, 0.25) is 0 Å². The van der Waals surface area contributed by atoms with Crippen LogP contribution in [0.1, 0.15) is 13.3 Å². The molecular weight excluding hydrogens is 276 g/mol. The Morgan fingerprint density at radius 3 is 1.82 bits per heavy atom. The summed E-state index contributed by atoms with van der Waals surface area (Å²) < 4.78 is 10.3. The molecule has 0 saturated carbocycles. The van der Waals surface area contributed by atoms with E-state index in [1.165, 1.54) is 0 Å². The Kier molecular flexibility index (Phi) is 5.72. The fraction of sp³-hybridized carbons (Fsp3) is 0.222. The zero-order chi connectivity index (χ0) is 15.8. The molecule has 114 valence electrons. The summed E-state index contributed by atoms with van der Waals surface area (Å²) >= 11 is 0. The molecule has 0 heterocycles. The third-order valence-electron chi connectivity index (χ3n) is 3.14. The van der Waals surface area contributed by atoms with Gasteiger partial charge < -0.3 is 9.47 Å². The van der Waals surface area contributed by atoms with Crippen molar-refractivity contribution in [1.82, 2.24) is 0 Å². The van der Waals surface area contributed by atoms with Crippen molar-refractivity contribution in [2.24, 2.45) is 9.98 Å². The Bertz CT molecular complexity index is 644. The van der Waals surface area contributed by atoms with E-state index in [1.54, 1.807) is 20.4 Å². The number of hydrogen-bond donors (Lipinski definition) is 0. The van der Waals surface area contributed by atoms with Crippen LogP contribution in [0.5, 0.6) is 11.5 Å². The van der Waals surface area contributed by atoms with Crippen LogP contribution in [0.25, 0.3) is 0 Å². The van der Waals surface area contributed by atoms with E-state index in [0.29, 0.717) is 0 Å². The normalized spacial score (nSPS) is 11.7. The van der Waals surface area contributed by atoms with Gasteiger partial charge in [-0.25, -0.2) is 0 Å². The fourth-order valence-corrected chi connectivity index (χ4v) is 1.84. The quantitative estimate of drug-likeness (QED) is 0.732. The maximum atomic E-state index is 5.14. The van der Waals surface area contributed by atoms with Gasteiger partial charge in [0.05, 0.1) is 31.3 Å². The summed E-state index contributed by atoms with van der Waals surface area (Å²) in [6, 6.07) is 15.2. The number of nitrogens with zero attached hydrogens (tertiary/aromatic N) is 2. The van der Waals surface area contributed by atoms with Crippen molar-refractivity contribution in [2.75, 3.05) is 14.2 Å². The van der Waals surface area contributed by atoms with E-state index in [-0.39, 0.29) is 0 Å². The summed E-state index contributed by atoms with van der Waals surface area (Å²) in [4.78, 5) is 9.04. The van der Waals surface area contributed by atoms with Crippen LogP contribution >= 0.6 is 0 Å². The molecule has 0 aromatic heterocycles. The van der Waals surface area contributed by atoms with Crippen LogP contribution in [0.15, 0.2) is 58.5 Å². The highest BCUT2D eigenvalue weighted by atomic mass is 16.5. The van der Waals surface area contributed by atoms with E-state index in [0.717, 1.165) is 35.0 Å². The highest BCUT2D eigenvalue weighted by Gasteiger charge is 1.96. The first-order valence-corrected chi connectivity index (χ1v) is 7.15. The maximum absolute atomic E-state index is 5.14. The largest absolute Gasteiger partial charge is 0.497 e. The topological polar surface area (TPSA) is 43.2 Å². The lowest BCUT2D eigenvalue weighted by Gasteiger charge is -2.01. The van der Waals surface area contributed by atoms with Gasteiger partial charge in [-0.3, -0.25) is 9.98 Å². The third kappa shape index (κ3) is 4.45. The predicted molar refractivity (Wildman–Crippen MR) is 91.5 cm³/mol. The lowest BCUT2D eigenvalue weighted by atomic mass is 10.2. The highest BCUT2D eigenvalue weighted by Crippen LogP contribution is 2.19. The molecule has 0 aliphatic carbocycles. The lowest BCUT2D eigenvalue weighted by molar-refractivity contribution is 0.415. The van der Waals surface area contributed by atoms with Gasteiger partial charge in [-0.1, -0.05) is 6.92 Å². The second kappa shape index (κ2) is 7.98. The first-order valence-electron chi connectivity index (χ1n) is 7.15. The van der Waals surface area contributed by atoms with Crippen molar-refractivity contribution in [1.29, 1.82) is 0 Å². The molecule has 0 fully saturated rings.